The van der Waals surface area contributed by atoms with Crippen molar-refractivity contribution in [3.8, 4) is 0 Å². The van der Waals surface area contributed by atoms with Crippen molar-refractivity contribution in [1.29, 1.82) is 0 Å². The zero-order chi connectivity index (χ0) is 22.1. The molecule has 0 bridgehead atoms. The Morgan fingerprint density at radius 3 is 2.45 bits per heavy atom. The Morgan fingerprint density at radius 1 is 1.03 bits per heavy atom. The first-order chi connectivity index (χ1) is 14.9. The van der Waals surface area contributed by atoms with E-state index in [4.69, 9.17) is 0 Å². The summed E-state index contributed by atoms with van der Waals surface area (Å²) >= 11 is 4.08. The second-order valence-electron chi connectivity index (χ2n) is 6.45. The summed E-state index contributed by atoms with van der Waals surface area (Å²) in [5.74, 6) is 0.333. The molecule has 4 aromatic rings. The number of carbonyl (C=O) groups excluding carboxylic acids is 1. The lowest BCUT2D eigenvalue weighted by Crippen LogP contribution is -2.18. The van der Waals surface area contributed by atoms with Crippen LogP contribution in [0.15, 0.2) is 47.5 Å². The molecule has 0 aliphatic carbocycles. The number of thioether (sulfide) groups is 1. The molecule has 0 radical (unpaired) electrons. The van der Waals surface area contributed by atoms with Gasteiger partial charge in [-0.3, -0.25) is 25.0 Å². The first-order valence-electron chi connectivity index (χ1n) is 8.91. The Balaban J connectivity index is 1.79. The number of nitrogens with zero attached hydrogens (tertiary/aromatic N) is 4. The highest BCUT2D eigenvalue weighted by molar-refractivity contribution is 7.98. The molecular formula is C19H14N4O5S3. The van der Waals surface area contributed by atoms with Crippen LogP contribution in [0.25, 0.3) is 20.3 Å². The zero-order valence-corrected chi connectivity index (χ0v) is 18.5. The van der Waals surface area contributed by atoms with Crippen LogP contribution in [0, 0.1) is 20.2 Å². The number of nitro benzene ring substituents is 2. The van der Waals surface area contributed by atoms with E-state index in [-0.39, 0.29) is 11.4 Å². The molecule has 31 heavy (non-hydrogen) atoms. The molecule has 0 aliphatic heterocycles. The monoisotopic (exact) mass is 474 g/mol. The van der Waals surface area contributed by atoms with Crippen molar-refractivity contribution >= 4 is 72.0 Å². The molecule has 2 heterocycles. The van der Waals surface area contributed by atoms with Gasteiger partial charge in [0.2, 0.25) is 0 Å². The van der Waals surface area contributed by atoms with Crippen LogP contribution in [0.4, 0.5) is 11.4 Å². The summed E-state index contributed by atoms with van der Waals surface area (Å²) in [5.41, 5.74) is 0.722. The number of hydrogen-bond acceptors (Lipinski definition) is 8. The molecule has 0 fully saturated rings. The molecule has 0 saturated carbocycles. The Labute approximate surface area is 187 Å². The van der Waals surface area contributed by atoms with Crippen LogP contribution < -0.4 is 4.80 Å². The molecule has 0 spiro atoms. The molecule has 2 aromatic carbocycles. The SMILES string of the molecule is CSCCn1c(=NC(=O)c2cc3cc([N+](=O)[O-])ccc3s2)sc2cc([N+](=O)[O-])ccc21. The minimum absolute atomic E-state index is 0.0188. The fourth-order valence-electron chi connectivity index (χ4n) is 3.05. The molecule has 9 nitrogen and oxygen atoms in total. The van der Waals surface area contributed by atoms with Gasteiger partial charge in [-0.1, -0.05) is 11.3 Å². The average molecular weight is 475 g/mol. The predicted octanol–water partition coefficient (Wildman–Crippen LogP) is 4.84. The third-order valence-electron chi connectivity index (χ3n) is 4.51. The number of amides is 1. The minimum atomic E-state index is -0.478. The number of thiophene rings is 1. The van der Waals surface area contributed by atoms with E-state index in [1.54, 1.807) is 30.0 Å². The molecule has 2 aromatic heterocycles. The van der Waals surface area contributed by atoms with Crippen molar-refractivity contribution < 1.29 is 14.6 Å². The summed E-state index contributed by atoms with van der Waals surface area (Å²) in [5, 5.41) is 22.7. The maximum atomic E-state index is 12.9. The van der Waals surface area contributed by atoms with Gasteiger partial charge >= 0.3 is 0 Å². The molecule has 0 atom stereocenters. The number of aromatic nitrogens is 1. The van der Waals surface area contributed by atoms with E-state index in [0.29, 0.717) is 26.3 Å². The molecular weight excluding hydrogens is 460 g/mol. The number of carbonyl (C=O) groups is 1. The van der Waals surface area contributed by atoms with Gasteiger partial charge in [-0.05, 0) is 24.5 Å². The Kier molecular flexibility index (Phi) is 5.85. The highest BCUT2D eigenvalue weighted by Gasteiger charge is 2.15. The van der Waals surface area contributed by atoms with Gasteiger partial charge in [-0.2, -0.15) is 16.8 Å². The first-order valence-corrected chi connectivity index (χ1v) is 11.9. The number of benzene rings is 2. The van der Waals surface area contributed by atoms with Crippen molar-refractivity contribution in [3.63, 3.8) is 0 Å². The second kappa shape index (κ2) is 8.57. The van der Waals surface area contributed by atoms with Crippen LogP contribution in [-0.4, -0.2) is 32.3 Å². The van der Waals surface area contributed by atoms with Crippen molar-refractivity contribution in [1.82, 2.24) is 4.57 Å². The number of nitro groups is 2. The number of hydrogen-bond donors (Lipinski definition) is 0. The van der Waals surface area contributed by atoms with Gasteiger partial charge in [0.15, 0.2) is 4.80 Å². The van der Waals surface area contributed by atoms with Crippen molar-refractivity contribution in [3.05, 3.63) is 72.4 Å². The largest absolute Gasteiger partial charge is 0.315 e. The van der Waals surface area contributed by atoms with Crippen molar-refractivity contribution in [2.75, 3.05) is 12.0 Å². The van der Waals surface area contributed by atoms with Crippen molar-refractivity contribution in [2.24, 2.45) is 4.99 Å². The summed E-state index contributed by atoms with van der Waals surface area (Å²) in [4.78, 5) is 39.1. The van der Waals surface area contributed by atoms with Crippen molar-refractivity contribution in [2.45, 2.75) is 6.54 Å². The normalized spacial score (nSPS) is 12.0. The van der Waals surface area contributed by atoms with Gasteiger partial charge in [-0.25, -0.2) is 0 Å². The number of non-ortho nitro benzene ring substituents is 2. The maximum Gasteiger partial charge on any atom is 0.289 e. The van der Waals surface area contributed by atoms with Crippen LogP contribution in [0.2, 0.25) is 0 Å². The zero-order valence-electron chi connectivity index (χ0n) is 16.0. The van der Waals surface area contributed by atoms with E-state index in [1.807, 2.05) is 10.8 Å². The third kappa shape index (κ3) is 4.22. The summed E-state index contributed by atoms with van der Waals surface area (Å²) in [6.07, 6.45) is 1.97. The van der Waals surface area contributed by atoms with Gasteiger partial charge in [0.25, 0.3) is 17.3 Å². The Hall–Kier alpha value is -3.09. The molecule has 0 aliphatic rings. The lowest BCUT2D eigenvalue weighted by molar-refractivity contribution is -0.384. The standard InChI is InChI=1S/C19H14N4O5S3/c1-29-7-6-21-14-4-2-13(23(27)28)10-16(14)31-19(21)20-18(24)17-9-11-8-12(22(25)26)3-5-15(11)30-17/h2-5,8-10H,6-7H2,1H3. The first kappa shape index (κ1) is 21.2. The average Bonchev–Trinajstić information content (AvgIpc) is 3.32. The maximum absolute atomic E-state index is 12.9. The quantitative estimate of drug-likeness (QED) is 0.291. The molecule has 158 valence electrons. The highest BCUT2D eigenvalue weighted by Crippen LogP contribution is 2.29. The van der Waals surface area contributed by atoms with Crippen LogP contribution in [0.5, 0.6) is 0 Å². The topological polar surface area (TPSA) is 121 Å². The van der Waals surface area contributed by atoms with Gasteiger partial charge in [-0.15, -0.1) is 11.3 Å². The lowest BCUT2D eigenvalue weighted by Gasteiger charge is -2.03. The number of rotatable bonds is 6. The molecule has 12 heteroatoms. The van der Waals surface area contributed by atoms with Gasteiger partial charge < -0.3 is 4.57 Å². The van der Waals surface area contributed by atoms with Gasteiger partial charge in [0, 0.05) is 46.6 Å². The molecule has 1 amide bonds. The summed E-state index contributed by atoms with van der Waals surface area (Å²) < 4.78 is 3.32. The van der Waals surface area contributed by atoms with E-state index >= 15 is 0 Å². The van der Waals surface area contributed by atoms with Crippen LogP contribution in [-0.2, 0) is 6.54 Å². The third-order valence-corrected chi connectivity index (χ3v) is 7.25. The smallest absolute Gasteiger partial charge is 0.289 e. The fraction of sp³-hybridized carbons (Fsp3) is 0.158. The van der Waals surface area contributed by atoms with E-state index in [2.05, 4.69) is 4.99 Å². The molecule has 0 saturated heterocycles. The van der Waals surface area contributed by atoms with Gasteiger partial charge in [0.05, 0.1) is 24.9 Å². The summed E-state index contributed by atoms with van der Waals surface area (Å²) in [6.45, 7) is 0.601. The minimum Gasteiger partial charge on any atom is -0.315 e. The number of aryl methyl sites for hydroxylation is 1. The van der Waals surface area contributed by atoms with E-state index in [0.717, 1.165) is 16.0 Å². The van der Waals surface area contributed by atoms with Crippen LogP contribution in [0.1, 0.15) is 9.67 Å². The number of fused-ring (bicyclic) bond motifs is 2. The molecule has 0 unspecified atom stereocenters. The van der Waals surface area contributed by atoms with E-state index in [1.165, 1.54) is 46.9 Å². The van der Waals surface area contributed by atoms with E-state index in [9.17, 15) is 25.0 Å². The predicted molar refractivity (Wildman–Crippen MR) is 123 cm³/mol. The van der Waals surface area contributed by atoms with Crippen LogP contribution in [0.3, 0.4) is 0 Å². The summed E-state index contributed by atoms with van der Waals surface area (Å²) in [7, 11) is 0. The Bertz CT molecular complexity index is 1420. The second-order valence-corrected chi connectivity index (χ2v) is 9.52. The van der Waals surface area contributed by atoms with Crippen LogP contribution >= 0.6 is 34.4 Å². The summed E-state index contributed by atoms with van der Waals surface area (Å²) in [6, 6.07) is 10.6. The fourth-order valence-corrected chi connectivity index (χ4v) is 5.43. The lowest BCUT2D eigenvalue weighted by atomic mass is 10.2. The molecule has 0 N–H and O–H groups in total. The number of thiazole rings is 1. The molecule has 4 rings (SSSR count). The van der Waals surface area contributed by atoms with Gasteiger partial charge in [0.1, 0.15) is 0 Å². The highest BCUT2D eigenvalue weighted by atomic mass is 32.2. The van der Waals surface area contributed by atoms with E-state index < -0.39 is 15.8 Å². The Morgan fingerprint density at radius 2 is 1.74 bits per heavy atom.